The van der Waals surface area contributed by atoms with Crippen LogP contribution in [0.1, 0.15) is 18.2 Å². The first-order valence-electron chi connectivity index (χ1n) is 10.7. The monoisotopic (exact) mass is 403 g/mol. The van der Waals surface area contributed by atoms with E-state index in [0.29, 0.717) is 6.61 Å². The summed E-state index contributed by atoms with van der Waals surface area (Å²) in [7, 11) is 0. The van der Waals surface area contributed by atoms with Crippen LogP contribution in [0.15, 0.2) is 54.6 Å². The van der Waals surface area contributed by atoms with Crippen molar-refractivity contribution in [3.8, 4) is 5.75 Å². The second kappa shape index (κ2) is 9.74. The van der Waals surface area contributed by atoms with Crippen LogP contribution < -0.4 is 9.64 Å². The van der Waals surface area contributed by atoms with Crippen LogP contribution in [0.5, 0.6) is 5.75 Å². The summed E-state index contributed by atoms with van der Waals surface area (Å²) in [5.41, 5.74) is 2.04. The third kappa shape index (κ3) is 4.81. The average Bonchev–Trinajstić information content (AvgIpc) is 2.81. The molecule has 30 heavy (non-hydrogen) atoms. The van der Waals surface area contributed by atoms with E-state index in [1.54, 1.807) is 0 Å². The van der Waals surface area contributed by atoms with Crippen molar-refractivity contribution in [3.05, 3.63) is 65.9 Å². The first-order valence-corrected chi connectivity index (χ1v) is 10.7. The molecular formula is C25H29N3O2. The highest BCUT2D eigenvalue weighted by Crippen LogP contribution is 2.27. The largest absolute Gasteiger partial charge is 0.491 e. The summed E-state index contributed by atoms with van der Waals surface area (Å²) < 4.78 is 5.42. The molecule has 1 saturated heterocycles. The molecule has 2 aromatic carbocycles. The van der Waals surface area contributed by atoms with E-state index >= 15 is 0 Å². The molecule has 1 aliphatic rings. The van der Waals surface area contributed by atoms with Crippen molar-refractivity contribution in [1.82, 2.24) is 9.88 Å². The third-order valence-electron chi connectivity index (χ3n) is 5.55. The molecule has 0 radical (unpaired) electrons. The number of aromatic nitrogens is 1. The van der Waals surface area contributed by atoms with E-state index in [0.717, 1.165) is 55.5 Å². The maximum atomic E-state index is 8.86. The van der Waals surface area contributed by atoms with Crippen LogP contribution in [-0.4, -0.2) is 60.9 Å². The van der Waals surface area contributed by atoms with E-state index in [9.17, 15) is 0 Å². The predicted octanol–water partition coefficient (Wildman–Crippen LogP) is 3.92. The summed E-state index contributed by atoms with van der Waals surface area (Å²) >= 11 is 0. The van der Waals surface area contributed by atoms with Gasteiger partial charge in [-0.25, -0.2) is 4.98 Å². The normalized spacial score (nSPS) is 15.2. The lowest BCUT2D eigenvalue weighted by Gasteiger charge is -2.35. The summed E-state index contributed by atoms with van der Waals surface area (Å²) in [6.07, 6.45) is 4.15. The molecule has 1 aliphatic heterocycles. The third-order valence-corrected chi connectivity index (χ3v) is 5.55. The van der Waals surface area contributed by atoms with E-state index in [1.807, 2.05) is 24.3 Å². The first kappa shape index (κ1) is 20.4. The maximum Gasteiger partial charge on any atom is 0.137 e. The van der Waals surface area contributed by atoms with Gasteiger partial charge in [-0.2, -0.15) is 0 Å². The molecule has 0 unspecified atom stereocenters. The second-order valence-electron chi connectivity index (χ2n) is 7.49. The van der Waals surface area contributed by atoms with Crippen molar-refractivity contribution in [3.63, 3.8) is 0 Å². The lowest BCUT2D eigenvalue weighted by Crippen LogP contribution is -2.46. The number of hydrogen-bond acceptors (Lipinski definition) is 5. The fourth-order valence-corrected chi connectivity index (χ4v) is 3.82. The van der Waals surface area contributed by atoms with Crippen LogP contribution in [0.2, 0.25) is 0 Å². The molecule has 3 aromatic rings. The van der Waals surface area contributed by atoms with Gasteiger partial charge in [0.15, 0.2) is 0 Å². The standard InChI is InChI=1S/C25H29N3O2/c1-2-27-13-15-28(16-14-27)25-24-6-4-3-5-21(24)19-22(26-25)10-7-20-8-11-23(12-9-20)30-18-17-29/h3-12,19,29H,2,13-18H2,1H3/b10-7+. The average molecular weight is 404 g/mol. The lowest BCUT2D eigenvalue weighted by molar-refractivity contribution is 0.201. The number of benzene rings is 2. The van der Waals surface area contributed by atoms with Gasteiger partial charge in [-0.15, -0.1) is 0 Å². The number of rotatable bonds is 7. The molecule has 2 heterocycles. The molecule has 1 N–H and O–H groups in total. The number of aliphatic hydroxyl groups excluding tert-OH is 1. The Balaban J connectivity index is 1.58. The van der Waals surface area contributed by atoms with Gasteiger partial charge in [0.1, 0.15) is 18.2 Å². The summed E-state index contributed by atoms with van der Waals surface area (Å²) in [6.45, 7) is 7.83. The van der Waals surface area contributed by atoms with E-state index in [4.69, 9.17) is 14.8 Å². The van der Waals surface area contributed by atoms with Gasteiger partial charge in [-0.1, -0.05) is 49.4 Å². The number of fused-ring (bicyclic) bond motifs is 1. The molecule has 0 amide bonds. The minimum atomic E-state index is 0.0190. The van der Waals surface area contributed by atoms with Crippen molar-refractivity contribution in [2.24, 2.45) is 0 Å². The Morgan fingerprint density at radius 1 is 1.00 bits per heavy atom. The van der Waals surface area contributed by atoms with Crippen LogP contribution in [0.4, 0.5) is 5.82 Å². The zero-order chi connectivity index (χ0) is 20.8. The molecule has 0 bridgehead atoms. The Hall–Kier alpha value is -2.89. The molecule has 1 aromatic heterocycles. The van der Waals surface area contributed by atoms with Crippen molar-refractivity contribution in [2.75, 3.05) is 50.8 Å². The maximum absolute atomic E-state index is 8.86. The lowest BCUT2D eigenvalue weighted by atomic mass is 10.1. The van der Waals surface area contributed by atoms with Crippen molar-refractivity contribution in [1.29, 1.82) is 0 Å². The molecule has 156 valence electrons. The molecule has 4 rings (SSSR count). The predicted molar refractivity (Wildman–Crippen MR) is 124 cm³/mol. The van der Waals surface area contributed by atoms with Crippen LogP contribution in [0, 0.1) is 0 Å². The Labute approximate surface area is 178 Å². The van der Waals surface area contributed by atoms with Gasteiger partial charge >= 0.3 is 0 Å². The van der Waals surface area contributed by atoms with Crippen molar-refractivity contribution in [2.45, 2.75) is 6.92 Å². The van der Waals surface area contributed by atoms with Gasteiger partial charge in [0.25, 0.3) is 0 Å². The van der Waals surface area contributed by atoms with E-state index in [2.05, 4.69) is 59.2 Å². The van der Waals surface area contributed by atoms with Crippen LogP contribution in [0.25, 0.3) is 22.9 Å². The number of likely N-dealkylation sites (N-methyl/N-ethyl adjacent to an activating group) is 1. The van der Waals surface area contributed by atoms with Gasteiger partial charge in [0, 0.05) is 31.6 Å². The Kier molecular flexibility index (Phi) is 6.62. The first-order chi connectivity index (χ1) is 14.8. The summed E-state index contributed by atoms with van der Waals surface area (Å²) in [5.74, 6) is 1.84. The van der Waals surface area contributed by atoms with Crippen LogP contribution in [-0.2, 0) is 0 Å². The molecule has 0 atom stereocenters. The van der Waals surface area contributed by atoms with E-state index < -0.39 is 0 Å². The molecule has 1 fully saturated rings. The topological polar surface area (TPSA) is 48.8 Å². The fraction of sp³-hybridized carbons (Fsp3) is 0.320. The minimum Gasteiger partial charge on any atom is -0.491 e. The minimum absolute atomic E-state index is 0.0190. The number of piperazine rings is 1. The zero-order valence-corrected chi connectivity index (χ0v) is 17.5. The number of ether oxygens (including phenoxy) is 1. The van der Waals surface area contributed by atoms with E-state index in [1.165, 1.54) is 10.8 Å². The van der Waals surface area contributed by atoms with Gasteiger partial charge < -0.3 is 19.6 Å². The molecule has 5 nitrogen and oxygen atoms in total. The zero-order valence-electron chi connectivity index (χ0n) is 17.5. The summed E-state index contributed by atoms with van der Waals surface area (Å²) in [4.78, 5) is 9.92. The van der Waals surface area contributed by atoms with E-state index in [-0.39, 0.29) is 6.61 Å². The van der Waals surface area contributed by atoms with Crippen LogP contribution in [0.3, 0.4) is 0 Å². The van der Waals surface area contributed by atoms with Gasteiger partial charge in [0.2, 0.25) is 0 Å². The highest BCUT2D eigenvalue weighted by Gasteiger charge is 2.19. The van der Waals surface area contributed by atoms with Crippen molar-refractivity contribution >= 4 is 28.7 Å². The molecule has 0 spiro atoms. The van der Waals surface area contributed by atoms with Crippen LogP contribution >= 0.6 is 0 Å². The SMILES string of the molecule is CCN1CCN(c2nc(/C=C/c3ccc(OCCO)cc3)cc3ccccc23)CC1. The Morgan fingerprint density at radius 3 is 2.50 bits per heavy atom. The van der Waals surface area contributed by atoms with Gasteiger partial charge in [0.05, 0.1) is 12.3 Å². The van der Waals surface area contributed by atoms with Gasteiger partial charge in [-0.05, 0) is 41.8 Å². The molecule has 0 aliphatic carbocycles. The Bertz CT molecular complexity index is 993. The highest BCUT2D eigenvalue weighted by atomic mass is 16.5. The highest BCUT2D eigenvalue weighted by molar-refractivity contribution is 5.94. The molecule has 0 saturated carbocycles. The number of anilines is 1. The summed E-state index contributed by atoms with van der Waals surface area (Å²) in [5, 5.41) is 11.3. The van der Waals surface area contributed by atoms with Crippen molar-refractivity contribution < 1.29 is 9.84 Å². The number of aliphatic hydroxyl groups is 1. The quantitative estimate of drug-likeness (QED) is 0.648. The second-order valence-corrected chi connectivity index (χ2v) is 7.49. The smallest absolute Gasteiger partial charge is 0.137 e. The van der Waals surface area contributed by atoms with Gasteiger partial charge in [-0.3, -0.25) is 0 Å². The Morgan fingerprint density at radius 2 is 1.77 bits per heavy atom. The fourth-order valence-electron chi connectivity index (χ4n) is 3.82. The number of pyridine rings is 1. The number of hydrogen-bond donors (Lipinski definition) is 1. The molecular weight excluding hydrogens is 374 g/mol. The molecule has 5 heteroatoms. The summed E-state index contributed by atoms with van der Waals surface area (Å²) in [6, 6.07) is 18.5. The number of nitrogens with zero attached hydrogens (tertiary/aromatic N) is 3.